The molecule has 0 saturated heterocycles. The zero-order valence-electron chi connectivity index (χ0n) is 19.1. The summed E-state index contributed by atoms with van der Waals surface area (Å²) in [6, 6.07) is 30.2. The number of para-hydroxylation sites is 2. The maximum absolute atomic E-state index is 11.4. The monoisotopic (exact) mass is 452 g/mol. The van der Waals surface area contributed by atoms with E-state index in [9.17, 15) is 9.90 Å². The Bertz CT molecular complexity index is 1310. The van der Waals surface area contributed by atoms with Crippen molar-refractivity contribution < 1.29 is 14.6 Å². The van der Waals surface area contributed by atoms with Gasteiger partial charge in [0.25, 0.3) is 0 Å². The van der Waals surface area contributed by atoms with Crippen LogP contribution in [0.2, 0.25) is 0 Å². The molecule has 1 aliphatic rings. The fourth-order valence-electron chi connectivity index (χ4n) is 4.70. The molecule has 0 bridgehead atoms. The maximum atomic E-state index is 11.4. The Morgan fingerprint density at radius 1 is 1.03 bits per heavy atom. The highest BCUT2D eigenvalue weighted by Crippen LogP contribution is 2.34. The van der Waals surface area contributed by atoms with Gasteiger partial charge in [0.1, 0.15) is 11.9 Å². The number of ether oxygens (including phenoxy) is 1. The Morgan fingerprint density at radius 3 is 2.68 bits per heavy atom. The summed E-state index contributed by atoms with van der Waals surface area (Å²) in [5.41, 5.74) is 3.58. The Balaban J connectivity index is 1.32. The number of carboxylic acid groups (broad SMARTS) is 1. The Kier molecular flexibility index (Phi) is 6.19. The number of hydrogen-bond donors (Lipinski definition) is 2. The van der Waals surface area contributed by atoms with E-state index in [-0.39, 0.29) is 12.1 Å². The summed E-state index contributed by atoms with van der Waals surface area (Å²) in [5, 5.41) is 15.5. The lowest BCUT2D eigenvalue weighted by Gasteiger charge is -2.37. The predicted molar refractivity (Wildman–Crippen MR) is 136 cm³/mol. The van der Waals surface area contributed by atoms with E-state index in [0.29, 0.717) is 25.2 Å². The van der Waals surface area contributed by atoms with Crippen molar-refractivity contribution in [3.05, 3.63) is 108 Å². The average molecular weight is 453 g/mol. The first-order chi connectivity index (χ1) is 16.6. The Morgan fingerprint density at radius 2 is 1.79 bits per heavy atom. The van der Waals surface area contributed by atoms with Crippen molar-refractivity contribution in [1.82, 2.24) is 5.32 Å². The van der Waals surface area contributed by atoms with Crippen LogP contribution in [0.25, 0.3) is 10.8 Å². The van der Waals surface area contributed by atoms with Gasteiger partial charge in [0.15, 0.2) is 0 Å². The summed E-state index contributed by atoms with van der Waals surface area (Å²) in [4.78, 5) is 13.7. The third-order valence-electron chi connectivity index (χ3n) is 6.41. The lowest BCUT2D eigenvalue weighted by Crippen LogP contribution is -2.45. The summed E-state index contributed by atoms with van der Waals surface area (Å²) < 4.78 is 6.34. The molecule has 0 spiro atoms. The number of anilines is 1. The van der Waals surface area contributed by atoms with Crippen molar-refractivity contribution >= 4 is 22.4 Å². The van der Waals surface area contributed by atoms with Gasteiger partial charge in [-0.1, -0.05) is 66.7 Å². The van der Waals surface area contributed by atoms with Gasteiger partial charge in [0.2, 0.25) is 0 Å². The molecule has 172 valence electrons. The standard InChI is InChI=1S/C29H28N2O3/c1-20(25-13-7-10-22-9-2-3-12-26(22)25)30-17-24-19-31(27-14-4-5-15-28(27)34-24)18-21-8-6-11-23(16-21)29(32)33/h2-16,20,24,30H,17-19H2,1H3,(H,32,33)/t20-,24?/m1/s1. The first-order valence-corrected chi connectivity index (χ1v) is 11.6. The van der Waals surface area contributed by atoms with Gasteiger partial charge in [-0.15, -0.1) is 0 Å². The lowest BCUT2D eigenvalue weighted by atomic mass is 9.99. The van der Waals surface area contributed by atoms with E-state index in [0.717, 1.165) is 17.0 Å². The van der Waals surface area contributed by atoms with Crippen LogP contribution in [-0.2, 0) is 6.54 Å². The molecule has 0 fully saturated rings. The molecule has 0 amide bonds. The van der Waals surface area contributed by atoms with Gasteiger partial charge in [-0.25, -0.2) is 4.79 Å². The molecular formula is C29H28N2O3. The predicted octanol–water partition coefficient (Wildman–Crippen LogP) is 5.66. The number of benzene rings is 4. The summed E-state index contributed by atoms with van der Waals surface area (Å²) in [7, 11) is 0. The van der Waals surface area contributed by atoms with Crippen LogP contribution in [0, 0.1) is 0 Å². The number of carboxylic acids is 1. The topological polar surface area (TPSA) is 61.8 Å². The number of aromatic carboxylic acids is 1. The van der Waals surface area contributed by atoms with Crippen molar-refractivity contribution in [3.63, 3.8) is 0 Å². The zero-order valence-corrected chi connectivity index (χ0v) is 19.1. The third kappa shape index (κ3) is 4.61. The van der Waals surface area contributed by atoms with Gasteiger partial charge in [0, 0.05) is 19.1 Å². The minimum atomic E-state index is -0.909. The minimum Gasteiger partial charge on any atom is -0.485 e. The summed E-state index contributed by atoms with van der Waals surface area (Å²) in [6.45, 7) is 4.22. The number of rotatable bonds is 7. The first-order valence-electron chi connectivity index (χ1n) is 11.6. The number of carbonyl (C=O) groups is 1. The molecule has 1 aliphatic heterocycles. The zero-order chi connectivity index (χ0) is 23.5. The smallest absolute Gasteiger partial charge is 0.335 e. The van der Waals surface area contributed by atoms with E-state index in [1.165, 1.54) is 16.3 Å². The molecule has 2 atom stereocenters. The summed E-state index contributed by atoms with van der Waals surface area (Å²) in [6.07, 6.45) is -0.0324. The molecule has 0 aromatic heterocycles. The third-order valence-corrected chi connectivity index (χ3v) is 6.41. The van der Waals surface area contributed by atoms with Crippen LogP contribution < -0.4 is 15.0 Å². The summed E-state index contributed by atoms with van der Waals surface area (Å²) in [5.74, 6) is -0.0542. The van der Waals surface area contributed by atoms with Crippen molar-refractivity contribution in [2.75, 3.05) is 18.0 Å². The highest BCUT2D eigenvalue weighted by atomic mass is 16.5. The van der Waals surface area contributed by atoms with Crippen molar-refractivity contribution in [2.24, 2.45) is 0 Å². The number of fused-ring (bicyclic) bond motifs is 2. The second-order valence-electron chi connectivity index (χ2n) is 8.79. The van der Waals surface area contributed by atoms with E-state index >= 15 is 0 Å². The van der Waals surface area contributed by atoms with Gasteiger partial charge >= 0.3 is 5.97 Å². The fourth-order valence-corrected chi connectivity index (χ4v) is 4.70. The van der Waals surface area contributed by atoms with Gasteiger partial charge in [-0.3, -0.25) is 0 Å². The highest BCUT2D eigenvalue weighted by molar-refractivity contribution is 5.88. The molecule has 1 unspecified atom stereocenters. The second-order valence-corrected chi connectivity index (χ2v) is 8.79. The van der Waals surface area contributed by atoms with Crippen molar-refractivity contribution in [1.29, 1.82) is 0 Å². The SMILES string of the molecule is C[C@@H](NCC1CN(Cc2cccc(C(=O)O)c2)c2ccccc2O1)c1cccc2ccccc12. The number of nitrogens with one attached hydrogen (secondary N) is 1. The molecular weight excluding hydrogens is 424 g/mol. The molecule has 0 aliphatic carbocycles. The highest BCUT2D eigenvalue weighted by Gasteiger charge is 2.26. The molecule has 2 N–H and O–H groups in total. The lowest BCUT2D eigenvalue weighted by molar-refractivity contribution is 0.0696. The molecule has 34 heavy (non-hydrogen) atoms. The van der Waals surface area contributed by atoms with Crippen LogP contribution in [0.5, 0.6) is 5.75 Å². The van der Waals surface area contributed by atoms with Gasteiger partial charge in [-0.05, 0) is 53.1 Å². The maximum Gasteiger partial charge on any atom is 0.335 e. The summed E-state index contributed by atoms with van der Waals surface area (Å²) >= 11 is 0. The van der Waals surface area contributed by atoms with Crippen LogP contribution in [0.1, 0.15) is 34.5 Å². The molecule has 5 heteroatoms. The number of hydrogen-bond acceptors (Lipinski definition) is 4. The molecule has 0 saturated carbocycles. The molecule has 5 nitrogen and oxygen atoms in total. The van der Waals surface area contributed by atoms with Crippen LogP contribution in [0.4, 0.5) is 5.69 Å². The van der Waals surface area contributed by atoms with Gasteiger partial charge < -0.3 is 20.1 Å². The van der Waals surface area contributed by atoms with E-state index < -0.39 is 5.97 Å². The van der Waals surface area contributed by atoms with Crippen molar-refractivity contribution in [2.45, 2.75) is 25.6 Å². The first kappa shape index (κ1) is 22.0. The van der Waals surface area contributed by atoms with Crippen molar-refractivity contribution in [3.8, 4) is 5.75 Å². The van der Waals surface area contributed by atoms with E-state index in [2.05, 4.69) is 65.7 Å². The minimum absolute atomic E-state index is 0.0324. The Labute approximate surface area is 199 Å². The fraction of sp³-hybridized carbons (Fsp3) is 0.207. The largest absolute Gasteiger partial charge is 0.485 e. The molecule has 5 rings (SSSR count). The molecule has 0 radical (unpaired) electrons. The van der Waals surface area contributed by atoms with Crippen LogP contribution in [-0.4, -0.2) is 30.3 Å². The van der Waals surface area contributed by atoms with E-state index in [4.69, 9.17) is 4.74 Å². The Hall–Kier alpha value is -3.83. The van der Waals surface area contributed by atoms with E-state index in [1.807, 2.05) is 24.3 Å². The molecule has 4 aromatic rings. The van der Waals surface area contributed by atoms with Gasteiger partial charge in [-0.2, -0.15) is 0 Å². The van der Waals surface area contributed by atoms with Crippen LogP contribution in [0.15, 0.2) is 91.0 Å². The van der Waals surface area contributed by atoms with E-state index in [1.54, 1.807) is 18.2 Å². The van der Waals surface area contributed by atoms with Crippen LogP contribution in [0.3, 0.4) is 0 Å². The normalized spacial score (nSPS) is 16.0. The van der Waals surface area contributed by atoms with Gasteiger partial charge in [0.05, 0.1) is 17.8 Å². The average Bonchev–Trinajstić information content (AvgIpc) is 2.87. The van der Waals surface area contributed by atoms with Crippen LogP contribution >= 0.6 is 0 Å². The molecule has 1 heterocycles. The quantitative estimate of drug-likeness (QED) is 0.379. The molecule has 4 aromatic carbocycles. The second kappa shape index (κ2) is 9.57. The number of nitrogens with zero attached hydrogens (tertiary/aromatic N) is 1.